The summed E-state index contributed by atoms with van der Waals surface area (Å²) < 4.78 is 0.819. The Morgan fingerprint density at radius 3 is 2.71 bits per heavy atom. The standard InChI is InChI=1S/C10H11Br2NO/c1-7(11)6-13-10(14)8-4-2-3-5-9(8)12/h2-5,7H,6H2,1H3,(H,13,14). The van der Waals surface area contributed by atoms with E-state index in [4.69, 9.17) is 0 Å². The number of carbonyl (C=O) groups is 1. The predicted molar refractivity (Wildman–Crippen MR) is 64.9 cm³/mol. The van der Waals surface area contributed by atoms with E-state index < -0.39 is 0 Å². The Bertz CT molecular complexity index is 326. The number of carbonyl (C=O) groups excluding carboxylic acids is 1. The Kier molecular flexibility index (Phi) is 4.62. The highest BCUT2D eigenvalue weighted by Gasteiger charge is 2.08. The maximum absolute atomic E-state index is 11.6. The van der Waals surface area contributed by atoms with Gasteiger partial charge in [0.15, 0.2) is 0 Å². The van der Waals surface area contributed by atoms with Crippen molar-refractivity contribution in [2.75, 3.05) is 6.54 Å². The van der Waals surface area contributed by atoms with Crippen LogP contribution in [0.2, 0.25) is 0 Å². The molecule has 0 saturated carbocycles. The van der Waals surface area contributed by atoms with Crippen molar-refractivity contribution >= 4 is 37.8 Å². The first kappa shape index (κ1) is 11.7. The van der Waals surface area contributed by atoms with E-state index in [1.165, 1.54) is 0 Å². The summed E-state index contributed by atoms with van der Waals surface area (Å²) >= 11 is 6.70. The minimum absolute atomic E-state index is 0.0521. The second-order valence-corrected chi connectivity index (χ2v) is 5.39. The van der Waals surface area contributed by atoms with E-state index in [2.05, 4.69) is 37.2 Å². The van der Waals surface area contributed by atoms with Crippen LogP contribution in [0.3, 0.4) is 0 Å². The molecule has 2 nitrogen and oxygen atoms in total. The van der Waals surface area contributed by atoms with Crippen LogP contribution in [0, 0.1) is 0 Å². The van der Waals surface area contributed by atoms with Crippen molar-refractivity contribution in [3.05, 3.63) is 34.3 Å². The molecule has 0 bridgehead atoms. The molecule has 0 aromatic heterocycles. The van der Waals surface area contributed by atoms with Crippen LogP contribution >= 0.6 is 31.9 Å². The van der Waals surface area contributed by atoms with E-state index in [-0.39, 0.29) is 10.7 Å². The van der Waals surface area contributed by atoms with E-state index in [1.54, 1.807) is 6.07 Å². The zero-order valence-electron chi connectivity index (χ0n) is 7.76. The van der Waals surface area contributed by atoms with Gasteiger partial charge in [0.2, 0.25) is 0 Å². The summed E-state index contributed by atoms with van der Waals surface area (Å²) in [5.74, 6) is -0.0521. The molecule has 0 aliphatic carbocycles. The molecule has 0 aliphatic heterocycles. The second-order valence-electron chi connectivity index (χ2n) is 2.97. The SMILES string of the molecule is CC(Br)CNC(=O)c1ccccc1Br. The summed E-state index contributed by atoms with van der Waals surface area (Å²) in [6.07, 6.45) is 0. The lowest BCUT2D eigenvalue weighted by atomic mass is 10.2. The smallest absolute Gasteiger partial charge is 0.252 e. The van der Waals surface area contributed by atoms with Crippen LogP contribution in [0.15, 0.2) is 28.7 Å². The third kappa shape index (κ3) is 3.42. The Balaban J connectivity index is 2.65. The summed E-state index contributed by atoms with van der Waals surface area (Å²) in [6.45, 7) is 2.61. The molecular weight excluding hydrogens is 310 g/mol. The molecular formula is C10H11Br2NO. The second kappa shape index (κ2) is 5.51. The summed E-state index contributed by atoms with van der Waals surface area (Å²) in [4.78, 5) is 11.9. The Morgan fingerprint density at radius 2 is 2.14 bits per heavy atom. The summed E-state index contributed by atoms with van der Waals surface area (Å²) in [6, 6.07) is 7.37. The Labute approximate surface area is 100 Å². The first-order chi connectivity index (χ1) is 6.61. The average Bonchev–Trinajstić information content (AvgIpc) is 2.15. The van der Waals surface area contributed by atoms with Crippen LogP contribution in [0.1, 0.15) is 17.3 Å². The van der Waals surface area contributed by atoms with Gasteiger partial charge < -0.3 is 5.32 Å². The molecule has 0 heterocycles. The van der Waals surface area contributed by atoms with Crippen LogP contribution < -0.4 is 5.32 Å². The molecule has 14 heavy (non-hydrogen) atoms. The molecule has 1 N–H and O–H groups in total. The lowest BCUT2D eigenvalue weighted by molar-refractivity contribution is 0.0953. The molecule has 1 rings (SSSR count). The minimum atomic E-state index is -0.0521. The molecule has 1 aromatic rings. The van der Waals surface area contributed by atoms with E-state index in [1.807, 2.05) is 25.1 Å². The zero-order chi connectivity index (χ0) is 10.6. The molecule has 0 aliphatic rings. The molecule has 76 valence electrons. The molecule has 0 radical (unpaired) electrons. The first-order valence-corrected chi connectivity index (χ1v) is 5.99. The van der Waals surface area contributed by atoms with Gasteiger partial charge in [-0.2, -0.15) is 0 Å². The third-order valence-electron chi connectivity index (χ3n) is 1.66. The Hall–Kier alpha value is -0.350. The van der Waals surface area contributed by atoms with Crippen LogP contribution in [-0.4, -0.2) is 17.3 Å². The maximum atomic E-state index is 11.6. The van der Waals surface area contributed by atoms with Gasteiger partial charge in [-0.3, -0.25) is 4.79 Å². The molecule has 4 heteroatoms. The molecule has 1 unspecified atom stereocenters. The monoisotopic (exact) mass is 319 g/mol. The Morgan fingerprint density at radius 1 is 1.50 bits per heavy atom. The molecule has 1 aromatic carbocycles. The first-order valence-electron chi connectivity index (χ1n) is 4.28. The van der Waals surface area contributed by atoms with E-state index >= 15 is 0 Å². The van der Waals surface area contributed by atoms with Gasteiger partial charge in [0, 0.05) is 15.8 Å². The fraction of sp³-hybridized carbons (Fsp3) is 0.300. The number of benzene rings is 1. The quantitative estimate of drug-likeness (QED) is 0.852. The van der Waals surface area contributed by atoms with Gasteiger partial charge in [-0.25, -0.2) is 0 Å². The molecule has 0 fully saturated rings. The number of alkyl halides is 1. The number of hydrogen-bond acceptors (Lipinski definition) is 1. The molecule has 0 saturated heterocycles. The van der Waals surface area contributed by atoms with Crippen molar-refractivity contribution in [3.63, 3.8) is 0 Å². The predicted octanol–water partition coefficient (Wildman–Crippen LogP) is 2.96. The number of nitrogens with one attached hydrogen (secondary N) is 1. The highest BCUT2D eigenvalue weighted by atomic mass is 79.9. The maximum Gasteiger partial charge on any atom is 0.252 e. The third-order valence-corrected chi connectivity index (χ3v) is 2.68. The normalized spacial score (nSPS) is 12.2. The van der Waals surface area contributed by atoms with Crippen LogP contribution in [0.25, 0.3) is 0 Å². The van der Waals surface area contributed by atoms with Gasteiger partial charge in [0.1, 0.15) is 0 Å². The lowest BCUT2D eigenvalue weighted by Gasteiger charge is -2.07. The summed E-state index contributed by atoms with van der Waals surface area (Å²) in [5.41, 5.74) is 0.667. The number of halogens is 2. The summed E-state index contributed by atoms with van der Waals surface area (Å²) in [5, 5.41) is 2.82. The van der Waals surface area contributed by atoms with Gasteiger partial charge in [0.05, 0.1) is 5.56 Å². The number of hydrogen-bond donors (Lipinski definition) is 1. The topological polar surface area (TPSA) is 29.1 Å². The largest absolute Gasteiger partial charge is 0.351 e. The van der Waals surface area contributed by atoms with E-state index in [0.717, 1.165) is 4.47 Å². The molecule has 0 spiro atoms. The highest BCUT2D eigenvalue weighted by Crippen LogP contribution is 2.15. The molecule has 1 amide bonds. The van der Waals surface area contributed by atoms with Gasteiger partial charge >= 0.3 is 0 Å². The van der Waals surface area contributed by atoms with Crippen LogP contribution in [0.4, 0.5) is 0 Å². The van der Waals surface area contributed by atoms with Crippen molar-refractivity contribution in [2.45, 2.75) is 11.8 Å². The fourth-order valence-corrected chi connectivity index (χ4v) is 1.60. The van der Waals surface area contributed by atoms with Gasteiger partial charge in [0.25, 0.3) is 5.91 Å². The van der Waals surface area contributed by atoms with Crippen LogP contribution in [0.5, 0.6) is 0 Å². The van der Waals surface area contributed by atoms with E-state index in [9.17, 15) is 4.79 Å². The van der Waals surface area contributed by atoms with Crippen molar-refractivity contribution in [1.29, 1.82) is 0 Å². The fourth-order valence-electron chi connectivity index (χ4n) is 0.974. The van der Waals surface area contributed by atoms with E-state index in [0.29, 0.717) is 12.1 Å². The average molecular weight is 321 g/mol. The van der Waals surface area contributed by atoms with Crippen LogP contribution in [-0.2, 0) is 0 Å². The summed E-state index contributed by atoms with van der Waals surface area (Å²) in [7, 11) is 0. The van der Waals surface area contributed by atoms with Gasteiger partial charge in [-0.05, 0) is 28.1 Å². The van der Waals surface area contributed by atoms with Crippen molar-refractivity contribution in [3.8, 4) is 0 Å². The zero-order valence-corrected chi connectivity index (χ0v) is 10.9. The number of rotatable bonds is 3. The van der Waals surface area contributed by atoms with Crippen molar-refractivity contribution < 1.29 is 4.79 Å². The van der Waals surface area contributed by atoms with Gasteiger partial charge in [-0.15, -0.1) is 0 Å². The lowest BCUT2D eigenvalue weighted by Crippen LogP contribution is -2.28. The molecule has 1 atom stereocenters. The highest BCUT2D eigenvalue weighted by molar-refractivity contribution is 9.10. The van der Waals surface area contributed by atoms with Crippen molar-refractivity contribution in [2.24, 2.45) is 0 Å². The number of amides is 1. The minimum Gasteiger partial charge on any atom is -0.351 e. The van der Waals surface area contributed by atoms with Crippen molar-refractivity contribution in [1.82, 2.24) is 5.32 Å². The van der Waals surface area contributed by atoms with Gasteiger partial charge in [-0.1, -0.05) is 35.0 Å².